The van der Waals surface area contributed by atoms with Crippen molar-refractivity contribution in [1.29, 1.82) is 0 Å². The standard InChI is InChI=1S/C15H15BrFN/c1-10-4-3-5-12(8-10)11(2)18-13-6-7-15(17)14(16)9-13/h3-9,11,18H,1-2H3. The molecule has 1 atom stereocenters. The van der Waals surface area contributed by atoms with Crippen molar-refractivity contribution in [2.75, 3.05) is 5.32 Å². The van der Waals surface area contributed by atoms with Crippen molar-refractivity contribution in [2.24, 2.45) is 0 Å². The molecule has 2 aromatic carbocycles. The Bertz CT molecular complexity index is 554. The zero-order valence-electron chi connectivity index (χ0n) is 10.4. The Labute approximate surface area is 115 Å². The lowest BCUT2D eigenvalue weighted by Gasteiger charge is -2.16. The molecule has 0 aliphatic rings. The normalized spacial score (nSPS) is 12.2. The van der Waals surface area contributed by atoms with Gasteiger partial charge in [0.1, 0.15) is 5.82 Å². The average molecular weight is 308 g/mol. The summed E-state index contributed by atoms with van der Waals surface area (Å²) >= 11 is 3.19. The number of benzene rings is 2. The van der Waals surface area contributed by atoms with E-state index in [1.165, 1.54) is 17.2 Å². The van der Waals surface area contributed by atoms with Crippen LogP contribution in [-0.4, -0.2) is 0 Å². The Balaban J connectivity index is 2.16. The van der Waals surface area contributed by atoms with Crippen LogP contribution < -0.4 is 5.32 Å². The number of hydrogen-bond donors (Lipinski definition) is 1. The van der Waals surface area contributed by atoms with Gasteiger partial charge < -0.3 is 5.32 Å². The summed E-state index contributed by atoms with van der Waals surface area (Å²) in [6.45, 7) is 4.16. The minimum Gasteiger partial charge on any atom is -0.378 e. The van der Waals surface area contributed by atoms with E-state index in [4.69, 9.17) is 0 Å². The van der Waals surface area contributed by atoms with Gasteiger partial charge in [0.2, 0.25) is 0 Å². The van der Waals surface area contributed by atoms with Crippen molar-refractivity contribution in [3.63, 3.8) is 0 Å². The Hall–Kier alpha value is -1.35. The maximum absolute atomic E-state index is 13.1. The summed E-state index contributed by atoms with van der Waals surface area (Å²) < 4.78 is 13.6. The van der Waals surface area contributed by atoms with Crippen LogP contribution in [-0.2, 0) is 0 Å². The summed E-state index contributed by atoms with van der Waals surface area (Å²) in [5, 5.41) is 3.36. The summed E-state index contributed by atoms with van der Waals surface area (Å²) in [4.78, 5) is 0. The van der Waals surface area contributed by atoms with Crippen LogP contribution in [0.15, 0.2) is 46.9 Å². The third kappa shape index (κ3) is 3.10. The average Bonchev–Trinajstić information content (AvgIpc) is 2.34. The van der Waals surface area contributed by atoms with Gasteiger partial charge in [-0.2, -0.15) is 0 Å². The van der Waals surface area contributed by atoms with Crippen LogP contribution in [0.25, 0.3) is 0 Å². The molecule has 1 unspecified atom stereocenters. The van der Waals surface area contributed by atoms with E-state index in [1.54, 1.807) is 12.1 Å². The fraction of sp³-hybridized carbons (Fsp3) is 0.200. The molecule has 2 aromatic rings. The van der Waals surface area contributed by atoms with E-state index in [0.717, 1.165) is 5.69 Å². The van der Waals surface area contributed by atoms with Crippen LogP contribution in [0.5, 0.6) is 0 Å². The van der Waals surface area contributed by atoms with Gasteiger partial charge in [-0.05, 0) is 53.5 Å². The second-order valence-corrected chi connectivity index (χ2v) is 5.26. The number of halogens is 2. The fourth-order valence-electron chi connectivity index (χ4n) is 1.86. The number of rotatable bonds is 3. The van der Waals surface area contributed by atoms with E-state index in [-0.39, 0.29) is 11.9 Å². The third-order valence-corrected chi connectivity index (χ3v) is 3.45. The first-order valence-electron chi connectivity index (χ1n) is 5.84. The lowest BCUT2D eigenvalue weighted by molar-refractivity contribution is 0.621. The van der Waals surface area contributed by atoms with Gasteiger partial charge in [0, 0.05) is 11.7 Å². The summed E-state index contributed by atoms with van der Waals surface area (Å²) in [7, 11) is 0. The first kappa shape index (κ1) is 13.1. The van der Waals surface area contributed by atoms with E-state index in [1.807, 2.05) is 6.07 Å². The molecule has 0 aliphatic heterocycles. The van der Waals surface area contributed by atoms with Gasteiger partial charge >= 0.3 is 0 Å². The molecular weight excluding hydrogens is 293 g/mol. The van der Waals surface area contributed by atoms with Gasteiger partial charge in [-0.1, -0.05) is 29.8 Å². The lowest BCUT2D eigenvalue weighted by atomic mass is 10.1. The Morgan fingerprint density at radius 1 is 1.17 bits per heavy atom. The number of anilines is 1. The fourth-order valence-corrected chi connectivity index (χ4v) is 2.24. The van der Waals surface area contributed by atoms with Crippen LogP contribution in [0.1, 0.15) is 24.1 Å². The van der Waals surface area contributed by atoms with Crippen LogP contribution in [0.4, 0.5) is 10.1 Å². The highest BCUT2D eigenvalue weighted by Gasteiger charge is 2.06. The molecule has 18 heavy (non-hydrogen) atoms. The Morgan fingerprint density at radius 3 is 2.61 bits per heavy atom. The minimum atomic E-state index is -0.247. The van der Waals surface area contributed by atoms with E-state index >= 15 is 0 Å². The van der Waals surface area contributed by atoms with E-state index in [0.29, 0.717) is 4.47 Å². The first-order valence-corrected chi connectivity index (χ1v) is 6.64. The highest BCUT2D eigenvalue weighted by molar-refractivity contribution is 9.10. The highest BCUT2D eigenvalue weighted by Crippen LogP contribution is 2.24. The Morgan fingerprint density at radius 2 is 1.94 bits per heavy atom. The predicted octanol–water partition coefficient (Wildman–Crippen LogP) is 5.07. The largest absolute Gasteiger partial charge is 0.378 e. The van der Waals surface area contributed by atoms with Gasteiger partial charge in [0.15, 0.2) is 0 Å². The SMILES string of the molecule is Cc1cccc(C(C)Nc2ccc(F)c(Br)c2)c1. The second kappa shape index (κ2) is 5.53. The molecule has 0 amide bonds. The molecule has 0 saturated heterocycles. The van der Waals surface area contributed by atoms with Crippen molar-refractivity contribution in [3.8, 4) is 0 Å². The molecule has 3 heteroatoms. The third-order valence-electron chi connectivity index (χ3n) is 2.84. The molecule has 2 rings (SSSR count). The predicted molar refractivity (Wildman–Crippen MR) is 77.3 cm³/mol. The molecule has 0 radical (unpaired) electrons. The molecule has 0 fully saturated rings. The van der Waals surface area contributed by atoms with Gasteiger partial charge in [0.25, 0.3) is 0 Å². The van der Waals surface area contributed by atoms with Gasteiger partial charge in [-0.25, -0.2) is 4.39 Å². The molecule has 94 valence electrons. The van der Waals surface area contributed by atoms with E-state index < -0.39 is 0 Å². The van der Waals surface area contributed by atoms with Crippen molar-refractivity contribution in [1.82, 2.24) is 0 Å². The molecule has 0 spiro atoms. The van der Waals surface area contributed by atoms with E-state index in [9.17, 15) is 4.39 Å². The van der Waals surface area contributed by atoms with Crippen molar-refractivity contribution >= 4 is 21.6 Å². The van der Waals surface area contributed by atoms with Crippen molar-refractivity contribution in [3.05, 3.63) is 63.9 Å². The molecule has 1 nitrogen and oxygen atoms in total. The van der Waals surface area contributed by atoms with Crippen LogP contribution in [0.3, 0.4) is 0 Å². The number of aryl methyl sites for hydroxylation is 1. The zero-order chi connectivity index (χ0) is 13.1. The molecule has 0 aromatic heterocycles. The maximum atomic E-state index is 13.1. The summed E-state index contributed by atoms with van der Waals surface area (Å²) in [5.74, 6) is -0.247. The van der Waals surface area contributed by atoms with Crippen LogP contribution >= 0.6 is 15.9 Å². The van der Waals surface area contributed by atoms with Gasteiger partial charge in [-0.3, -0.25) is 0 Å². The summed E-state index contributed by atoms with van der Waals surface area (Å²) in [5.41, 5.74) is 3.36. The lowest BCUT2D eigenvalue weighted by Crippen LogP contribution is -2.06. The molecular formula is C15H15BrFN. The van der Waals surface area contributed by atoms with Crippen LogP contribution in [0, 0.1) is 12.7 Å². The van der Waals surface area contributed by atoms with Crippen molar-refractivity contribution in [2.45, 2.75) is 19.9 Å². The topological polar surface area (TPSA) is 12.0 Å². The monoisotopic (exact) mass is 307 g/mol. The highest BCUT2D eigenvalue weighted by atomic mass is 79.9. The molecule has 0 heterocycles. The number of nitrogens with one attached hydrogen (secondary N) is 1. The van der Waals surface area contributed by atoms with Gasteiger partial charge in [-0.15, -0.1) is 0 Å². The Kier molecular flexibility index (Phi) is 4.02. The molecule has 0 saturated carbocycles. The van der Waals surface area contributed by atoms with Gasteiger partial charge in [0.05, 0.1) is 4.47 Å². The summed E-state index contributed by atoms with van der Waals surface area (Å²) in [6.07, 6.45) is 0. The zero-order valence-corrected chi connectivity index (χ0v) is 12.0. The minimum absolute atomic E-state index is 0.183. The molecule has 0 aliphatic carbocycles. The maximum Gasteiger partial charge on any atom is 0.137 e. The molecule has 1 N–H and O–H groups in total. The number of hydrogen-bond acceptors (Lipinski definition) is 1. The van der Waals surface area contributed by atoms with E-state index in [2.05, 4.69) is 53.3 Å². The first-order chi connectivity index (χ1) is 8.56. The van der Waals surface area contributed by atoms with Crippen molar-refractivity contribution < 1.29 is 4.39 Å². The quantitative estimate of drug-likeness (QED) is 0.834. The summed E-state index contributed by atoms with van der Waals surface area (Å²) in [6, 6.07) is 13.5. The van der Waals surface area contributed by atoms with Crippen LogP contribution in [0.2, 0.25) is 0 Å². The smallest absolute Gasteiger partial charge is 0.137 e. The molecule has 0 bridgehead atoms. The second-order valence-electron chi connectivity index (χ2n) is 4.41.